The van der Waals surface area contributed by atoms with Crippen LogP contribution in [0.4, 0.5) is 0 Å². The minimum Gasteiger partial charge on any atom is -0.465 e. The van der Waals surface area contributed by atoms with E-state index in [0.29, 0.717) is 12.1 Å². The molecule has 0 unspecified atom stereocenters. The van der Waals surface area contributed by atoms with Gasteiger partial charge >= 0.3 is 5.97 Å². The van der Waals surface area contributed by atoms with E-state index >= 15 is 0 Å². The van der Waals surface area contributed by atoms with Gasteiger partial charge in [-0.25, -0.2) is 4.79 Å². The zero-order chi connectivity index (χ0) is 9.84. The van der Waals surface area contributed by atoms with Crippen molar-refractivity contribution >= 4 is 28.6 Å². The molecule has 0 amide bonds. The van der Waals surface area contributed by atoms with Crippen molar-refractivity contribution in [2.75, 3.05) is 7.11 Å². The standard InChI is InChI=1S/C9H10INO2/c1-13-9(12)8-4-7(10)3-2-6(8)5-11/h2-4H,5,11H2,1H3. The Balaban J connectivity index is 3.15. The van der Waals surface area contributed by atoms with E-state index in [1.54, 1.807) is 6.07 Å². The molecule has 0 heterocycles. The average molecular weight is 291 g/mol. The van der Waals surface area contributed by atoms with Crippen LogP contribution in [0.3, 0.4) is 0 Å². The lowest BCUT2D eigenvalue weighted by Crippen LogP contribution is -2.09. The molecule has 1 aromatic carbocycles. The third kappa shape index (κ3) is 2.41. The Hall–Kier alpha value is -0.620. The highest BCUT2D eigenvalue weighted by atomic mass is 127. The molecule has 1 aromatic rings. The summed E-state index contributed by atoms with van der Waals surface area (Å²) in [7, 11) is 1.36. The molecule has 0 aliphatic heterocycles. The van der Waals surface area contributed by atoms with Crippen LogP contribution in [0.5, 0.6) is 0 Å². The highest BCUT2D eigenvalue weighted by molar-refractivity contribution is 14.1. The molecule has 0 fully saturated rings. The number of esters is 1. The fourth-order valence-electron chi connectivity index (χ4n) is 1.03. The monoisotopic (exact) mass is 291 g/mol. The van der Waals surface area contributed by atoms with Gasteiger partial charge in [-0.15, -0.1) is 0 Å². The van der Waals surface area contributed by atoms with Gasteiger partial charge in [-0.2, -0.15) is 0 Å². The number of hydrogen-bond donors (Lipinski definition) is 1. The van der Waals surface area contributed by atoms with E-state index in [-0.39, 0.29) is 5.97 Å². The average Bonchev–Trinajstić information content (AvgIpc) is 2.16. The summed E-state index contributed by atoms with van der Waals surface area (Å²) in [6.45, 7) is 0.349. The van der Waals surface area contributed by atoms with Crippen LogP contribution in [0.1, 0.15) is 15.9 Å². The van der Waals surface area contributed by atoms with Crippen molar-refractivity contribution in [2.45, 2.75) is 6.54 Å². The van der Waals surface area contributed by atoms with Gasteiger partial charge in [-0.05, 0) is 40.3 Å². The summed E-state index contributed by atoms with van der Waals surface area (Å²) in [4.78, 5) is 11.3. The van der Waals surface area contributed by atoms with E-state index in [1.807, 2.05) is 12.1 Å². The van der Waals surface area contributed by atoms with Crippen LogP contribution in [0.25, 0.3) is 0 Å². The minimum absolute atomic E-state index is 0.334. The molecule has 2 N–H and O–H groups in total. The highest BCUT2D eigenvalue weighted by Crippen LogP contribution is 2.14. The highest BCUT2D eigenvalue weighted by Gasteiger charge is 2.10. The fraction of sp³-hybridized carbons (Fsp3) is 0.222. The number of rotatable bonds is 2. The van der Waals surface area contributed by atoms with Crippen molar-refractivity contribution in [3.05, 3.63) is 32.9 Å². The Morgan fingerprint density at radius 1 is 1.62 bits per heavy atom. The van der Waals surface area contributed by atoms with Gasteiger partial charge in [-0.1, -0.05) is 6.07 Å². The Bertz CT molecular complexity index is 325. The Morgan fingerprint density at radius 2 is 2.31 bits per heavy atom. The van der Waals surface area contributed by atoms with Crippen LogP contribution in [0.15, 0.2) is 18.2 Å². The van der Waals surface area contributed by atoms with E-state index in [2.05, 4.69) is 27.3 Å². The largest absolute Gasteiger partial charge is 0.465 e. The van der Waals surface area contributed by atoms with E-state index in [0.717, 1.165) is 9.13 Å². The fourth-order valence-corrected chi connectivity index (χ4v) is 1.52. The Kier molecular flexibility index (Phi) is 3.68. The zero-order valence-electron chi connectivity index (χ0n) is 7.21. The first-order chi connectivity index (χ1) is 6.19. The first-order valence-corrected chi connectivity index (χ1v) is 4.83. The number of carbonyl (C=O) groups excluding carboxylic acids is 1. The molecule has 3 nitrogen and oxygen atoms in total. The molecule has 0 saturated heterocycles. The van der Waals surface area contributed by atoms with Gasteiger partial charge in [0.1, 0.15) is 0 Å². The topological polar surface area (TPSA) is 52.3 Å². The lowest BCUT2D eigenvalue weighted by Gasteiger charge is -2.05. The summed E-state index contributed by atoms with van der Waals surface area (Å²) in [5.41, 5.74) is 6.85. The molecule has 1 rings (SSSR count). The molecule has 0 bridgehead atoms. The normalized spacial score (nSPS) is 9.77. The first kappa shape index (κ1) is 10.5. The van der Waals surface area contributed by atoms with Crippen molar-refractivity contribution in [3.8, 4) is 0 Å². The summed E-state index contributed by atoms with van der Waals surface area (Å²) in [5.74, 6) is -0.334. The second-order valence-corrected chi connectivity index (χ2v) is 3.74. The smallest absolute Gasteiger partial charge is 0.338 e. The van der Waals surface area contributed by atoms with Gasteiger partial charge in [0.2, 0.25) is 0 Å². The molecule has 0 radical (unpaired) electrons. The maximum atomic E-state index is 11.3. The van der Waals surface area contributed by atoms with E-state index in [4.69, 9.17) is 5.73 Å². The predicted octanol–water partition coefficient (Wildman–Crippen LogP) is 1.54. The third-order valence-electron chi connectivity index (χ3n) is 1.70. The Labute approximate surface area is 90.4 Å². The van der Waals surface area contributed by atoms with Crippen molar-refractivity contribution in [1.82, 2.24) is 0 Å². The lowest BCUT2D eigenvalue weighted by molar-refractivity contribution is 0.0599. The zero-order valence-corrected chi connectivity index (χ0v) is 9.37. The van der Waals surface area contributed by atoms with Gasteiger partial charge in [0.15, 0.2) is 0 Å². The van der Waals surface area contributed by atoms with E-state index < -0.39 is 0 Å². The van der Waals surface area contributed by atoms with Crippen LogP contribution in [0, 0.1) is 3.57 Å². The number of ether oxygens (including phenoxy) is 1. The molecule has 0 saturated carbocycles. The number of halogens is 1. The maximum absolute atomic E-state index is 11.3. The summed E-state index contributed by atoms with van der Waals surface area (Å²) in [6, 6.07) is 5.53. The van der Waals surface area contributed by atoms with Crippen LogP contribution in [-0.4, -0.2) is 13.1 Å². The van der Waals surface area contributed by atoms with Crippen molar-refractivity contribution < 1.29 is 9.53 Å². The third-order valence-corrected chi connectivity index (χ3v) is 2.37. The van der Waals surface area contributed by atoms with Crippen molar-refractivity contribution in [1.29, 1.82) is 0 Å². The van der Waals surface area contributed by atoms with Crippen molar-refractivity contribution in [3.63, 3.8) is 0 Å². The molecular weight excluding hydrogens is 281 g/mol. The molecule has 0 aliphatic rings. The number of carbonyl (C=O) groups is 1. The van der Waals surface area contributed by atoms with Gasteiger partial charge in [0.25, 0.3) is 0 Å². The molecular formula is C9H10INO2. The molecule has 70 valence electrons. The summed E-state index contributed by atoms with van der Waals surface area (Å²) < 4.78 is 5.63. The number of hydrogen-bond acceptors (Lipinski definition) is 3. The van der Waals surface area contributed by atoms with Gasteiger partial charge in [0.05, 0.1) is 12.7 Å². The SMILES string of the molecule is COC(=O)c1cc(I)ccc1CN. The lowest BCUT2D eigenvalue weighted by atomic mass is 10.1. The summed E-state index contributed by atoms with van der Waals surface area (Å²) in [5, 5.41) is 0. The van der Waals surface area contributed by atoms with Gasteiger partial charge < -0.3 is 10.5 Å². The molecule has 0 aliphatic carbocycles. The Morgan fingerprint density at radius 3 is 2.85 bits per heavy atom. The number of benzene rings is 1. The molecule has 13 heavy (non-hydrogen) atoms. The second kappa shape index (κ2) is 4.57. The minimum atomic E-state index is -0.334. The van der Waals surface area contributed by atoms with Gasteiger partial charge in [-0.3, -0.25) is 0 Å². The maximum Gasteiger partial charge on any atom is 0.338 e. The van der Waals surface area contributed by atoms with Gasteiger partial charge in [0, 0.05) is 10.1 Å². The molecule has 0 spiro atoms. The number of methoxy groups -OCH3 is 1. The number of nitrogens with two attached hydrogens (primary N) is 1. The van der Waals surface area contributed by atoms with E-state index in [1.165, 1.54) is 7.11 Å². The summed E-state index contributed by atoms with van der Waals surface area (Å²) >= 11 is 2.14. The van der Waals surface area contributed by atoms with Crippen LogP contribution in [-0.2, 0) is 11.3 Å². The van der Waals surface area contributed by atoms with Crippen LogP contribution >= 0.6 is 22.6 Å². The van der Waals surface area contributed by atoms with E-state index in [9.17, 15) is 4.79 Å². The quantitative estimate of drug-likeness (QED) is 0.664. The second-order valence-electron chi connectivity index (χ2n) is 2.50. The first-order valence-electron chi connectivity index (χ1n) is 3.76. The predicted molar refractivity (Wildman–Crippen MR) is 58.4 cm³/mol. The molecule has 4 heteroatoms. The van der Waals surface area contributed by atoms with Crippen LogP contribution < -0.4 is 5.73 Å². The van der Waals surface area contributed by atoms with Crippen LogP contribution in [0.2, 0.25) is 0 Å². The summed E-state index contributed by atoms with van der Waals surface area (Å²) in [6.07, 6.45) is 0. The van der Waals surface area contributed by atoms with Crippen molar-refractivity contribution in [2.24, 2.45) is 5.73 Å². The molecule has 0 aromatic heterocycles. The molecule has 0 atom stereocenters.